The highest BCUT2D eigenvalue weighted by Gasteiger charge is 2.13. The number of methoxy groups -OCH3 is 1. The van der Waals surface area contributed by atoms with E-state index >= 15 is 0 Å². The molecule has 0 amide bonds. The molecular weight excluding hydrogens is 223 g/mol. The van der Waals surface area contributed by atoms with Gasteiger partial charge in [-0.15, -0.1) is 5.10 Å². The van der Waals surface area contributed by atoms with Crippen LogP contribution >= 0.6 is 0 Å². The topological polar surface area (TPSA) is 63.7 Å². The quantitative estimate of drug-likeness (QED) is 0.802. The molecule has 0 atom stereocenters. The maximum Gasteiger partial charge on any atom is 0.188 e. The molecule has 0 radical (unpaired) electrons. The van der Waals surface area contributed by atoms with Crippen molar-refractivity contribution < 1.29 is 9.13 Å². The van der Waals surface area contributed by atoms with Crippen LogP contribution in [0.5, 0.6) is 0 Å². The third-order valence-corrected chi connectivity index (χ3v) is 2.20. The van der Waals surface area contributed by atoms with Crippen LogP contribution in [0.2, 0.25) is 0 Å². The van der Waals surface area contributed by atoms with Gasteiger partial charge in [-0.05, 0) is 18.2 Å². The number of aromatic nitrogens is 3. The minimum absolute atomic E-state index is 0.177. The molecule has 0 fully saturated rings. The molecule has 0 saturated carbocycles. The van der Waals surface area contributed by atoms with E-state index < -0.39 is 0 Å². The van der Waals surface area contributed by atoms with Gasteiger partial charge in [0, 0.05) is 7.11 Å². The third-order valence-electron chi connectivity index (χ3n) is 2.20. The van der Waals surface area contributed by atoms with Crippen molar-refractivity contribution in [3.8, 4) is 11.8 Å². The van der Waals surface area contributed by atoms with Crippen LogP contribution in [-0.2, 0) is 11.3 Å². The van der Waals surface area contributed by atoms with Crippen LogP contribution in [0.1, 0.15) is 11.4 Å². The van der Waals surface area contributed by atoms with Gasteiger partial charge in [0.25, 0.3) is 0 Å². The fraction of sp³-hybridized carbons (Fsp3) is 0.182. The average molecular weight is 232 g/mol. The second-order valence-electron chi connectivity index (χ2n) is 3.32. The van der Waals surface area contributed by atoms with Crippen LogP contribution < -0.4 is 0 Å². The van der Waals surface area contributed by atoms with Crippen molar-refractivity contribution in [3.63, 3.8) is 0 Å². The molecule has 6 heteroatoms. The number of nitrogens with zero attached hydrogens (tertiary/aromatic N) is 4. The van der Waals surface area contributed by atoms with Gasteiger partial charge in [0.2, 0.25) is 0 Å². The number of nitriles is 1. The molecule has 2 aromatic rings. The summed E-state index contributed by atoms with van der Waals surface area (Å²) in [5.74, 6) is -0.375. The van der Waals surface area contributed by atoms with Gasteiger partial charge in [-0.1, -0.05) is 11.3 Å². The molecular formula is C11H9FN4O. The van der Waals surface area contributed by atoms with E-state index in [2.05, 4.69) is 10.3 Å². The molecule has 0 N–H and O–H groups in total. The van der Waals surface area contributed by atoms with Gasteiger partial charge in [0.1, 0.15) is 17.6 Å². The Kier molecular flexibility index (Phi) is 3.12. The fourth-order valence-corrected chi connectivity index (χ4v) is 1.47. The Balaban J connectivity index is 2.52. The summed E-state index contributed by atoms with van der Waals surface area (Å²) in [6.45, 7) is 0.187. The Labute approximate surface area is 97.1 Å². The Hall–Kier alpha value is -2.26. The highest BCUT2D eigenvalue weighted by atomic mass is 19.1. The molecule has 0 aliphatic rings. The molecule has 1 aromatic heterocycles. The van der Waals surface area contributed by atoms with Crippen LogP contribution in [0.4, 0.5) is 4.39 Å². The largest absolute Gasteiger partial charge is 0.378 e. The van der Waals surface area contributed by atoms with Crippen molar-refractivity contribution >= 4 is 0 Å². The van der Waals surface area contributed by atoms with Crippen LogP contribution in [0, 0.1) is 17.1 Å². The Bertz CT molecular complexity index is 573. The first-order valence-corrected chi connectivity index (χ1v) is 4.86. The number of rotatable bonds is 3. The van der Waals surface area contributed by atoms with Crippen molar-refractivity contribution in [1.29, 1.82) is 5.26 Å². The highest BCUT2D eigenvalue weighted by molar-refractivity contribution is 5.36. The first-order chi connectivity index (χ1) is 8.26. The van der Waals surface area contributed by atoms with E-state index in [-0.39, 0.29) is 18.1 Å². The molecule has 0 aliphatic heterocycles. The fourth-order valence-electron chi connectivity index (χ4n) is 1.47. The van der Waals surface area contributed by atoms with Gasteiger partial charge in [-0.3, -0.25) is 0 Å². The minimum atomic E-state index is -0.375. The summed E-state index contributed by atoms with van der Waals surface area (Å²) in [5.41, 5.74) is 1.18. The smallest absolute Gasteiger partial charge is 0.188 e. The van der Waals surface area contributed by atoms with E-state index in [9.17, 15) is 4.39 Å². The summed E-state index contributed by atoms with van der Waals surface area (Å²) in [4.78, 5) is 0. The lowest BCUT2D eigenvalue weighted by Gasteiger charge is -2.05. The van der Waals surface area contributed by atoms with E-state index in [4.69, 9.17) is 10.00 Å². The summed E-state index contributed by atoms with van der Waals surface area (Å²) in [6, 6.07) is 7.81. The van der Waals surface area contributed by atoms with Crippen LogP contribution in [0.3, 0.4) is 0 Å². The SMILES string of the molecule is COCc1c(C#N)nnn1-c1cccc(F)c1. The molecule has 0 spiro atoms. The number of benzene rings is 1. The zero-order chi connectivity index (χ0) is 12.3. The third kappa shape index (κ3) is 2.14. The first-order valence-electron chi connectivity index (χ1n) is 4.86. The highest BCUT2D eigenvalue weighted by Crippen LogP contribution is 2.14. The van der Waals surface area contributed by atoms with E-state index in [1.54, 1.807) is 12.1 Å². The van der Waals surface area contributed by atoms with Crippen molar-refractivity contribution in [2.24, 2.45) is 0 Å². The zero-order valence-electron chi connectivity index (χ0n) is 9.09. The van der Waals surface area contributed by atoms with Gasteiger partial charge in [0.05, 0.1) is 12.3 Å². The summed E-state index contributed by atoms with van der Waals surface area (Å²) < 4.78 is 19.5. The van der Waals surface area contributed by atoms with E-state index in [1.165, 1.54) is 23.9 Å². The molecule has 0 bridgehead atoms. The molecule has 86 valence electrons. The van der Waals surface area contributed by atoms with Crippen molar-refractivity contribution in [3.05, 3.63) is 41.5 Å². The summed E-state index contributed by atoms with van der Waals surface area (Å²) in [7, 11) is 1.50. The molecule has 2 rings (SSSR count). The number of hydrogen-bond acceptors (Lipinski definition) is 4. The van der Waals surface area contributed by atoms with Crippen molar-refractivity contribution in [2.45, 2.75) is 6.61 Å². The average Bonchev–Trinajstić information content (AvgIpc) is 2.72. The van der Waals surface area contributed by atoms with Crippen LogP contribution in [-0.4, -0.2) is 22.1 Å². The molecule has 1 aromatic carbocycles. The second kappa shape index (κ2) is 4.72. The van der Waals surface area contributed by atoms with Crippen molar-refractivity contribution in [2.75, 3.05) is 7.11 Å². The van der Waals surface area contributed by atoms with Crippen LogP contribution in [0.25, 0.3) is 5.69 Å². The monoisotopic (exact) mass is 232 g/mol. The maximum atomic E-state index is 13.1. The molecule has 1 heterocycles. The van der Waals surface area contributed by atoms with Crippen LogP contribution in [0.15, 0.2) is 24.3 Å². The molecule has 0 unspecified atom stereocenters. The number of halogens is 1. The van der Waals surface area contributed by atoms with Gasteiger partial charge in [0.15, 0.2) is 5.69 Å². The lowest BCUT2D eigenvalue weighted by atomic mass is 10.3. The predicted molar refractivity (Wildman–Crippen MR) is 56.7 cm³/mol. The lowest BCUT2D eigenvalue weighted by molar-refractivity contribution is 0.179. The normalized spacial score (nSPS) is 10.2. The zero-order valence-corrected chi connectivity index (χ0v) is 9.09. The van der Waals surface area contributed by atoms with E-state index in [0.29, 0.717) is 11.4 Å². The lowest BCUT2D eigenvalue weighted by Crippen LogP contribution is -2.04. The molecule has 17 heavy (non-hydrogen) atoms. The van der Waals surface area contributed by atoms with E-state index in [1.807, 2.05) is 6.07 Å². The predicted octanol–water partition coefficient (Wildman–Crippen LogP) is 1.42. The number of ether oxygens (including phenoxy) is 1. The second-order valence-corrected chi connectivity index (χ2v) is 3.32. The van der Waals surface area contributed by atoms with Gasteiger partial charge >= 0.3 is 0 Å². The number of hydrogen-bond donors (Lipinski definition) is 0. The van der Waals surface area contributed by atoms with Gasteiger partial charge in [-0.25, -0.2) is 9.07 Å². The maximum absolute atomic E-state index is 13.1. The summed E-state index contributed by atoms with van der Waals surface area (Å²) >= 11 is 0. The Morgan fingerprint density at radius 1 is 1.53 bits per heavy atom. The standard InChI is InChI=1S/C11H9FN4O/c1-17-7-11-10(6-13)14-15-16(11)9-4-2-3-8(12)5-9/h2-5H,7H2,1H3. The molecule has 0 saturated heterocycles. The summed E-state index contributed by atoms with van der Waals surface area (Å²) in [5, 5.41) is 16.4. The van der Waals surface area contributed by atoms with Gasteiger partial charge < -0.3 is 4.74 Å². The Morgan fingerprint density at radius 2 is 2.35 bits per heavy atom. The minimum Gasteiger partial charge on any atom is -0.378 e. The Morgan fingerprint density at radius 3 is 3.00 bits per heavy atom. The van der Waals surface area contributed by atoms with Crippen molar-refractivity contribution in [1.82, 2.24) is 15.0 Å². The first kappa shape index (κ1) is 11.2. The van der Waals surface area contributed by atoms with Gasteiger partial charge in [-0.2, -0.15) is 5.26 Å². The molecule has 0 aliphatic carbocycles. The molecule has 5 nitrogen and oxygen atoms in total. The summed E-state index contributed by atoms with van der Waals surface area (Å²) in [6.07, 6.45) is 0. The van der Waals surface area contributed by atoms with E-state index in [0.717, 1.165) is 0 Å².